The van der Waals surface area contributed by atoms with E-state index in [0.717, 1.165) is 11.1 Å². The average molecular weight is 439 g/mol. The van der Waals surface area contributed by atoms with Gasteiger partial charge >= 0.3 is 0 Å². The van der Waals surface area contributed by atoms with E-state index in [1.807, 2.05) is 22.6 Å². The van der Waals surface area contributed by atoms with Crippen LogP contribution in [0.25, 0.3) is 0 Å². The normalized spacial score (nSPS) is 12.3. The summed E-state index contributed by atoms with van der Waals surface area (Å²) in [5, 5.41) is 18.9. The lowest BCUT2D eigenvalue weighted by atomic mass is 10.2. The first-order valence-corrected chi connectivity index (χ1v) is 7.63. The number of aliphatic hydroxyl groups is 2. The maximum Gasteiger partial charge on any atom is 0.184 e. The Morgan fingerprint density at radius 3 is 2.48 bits per heavy atom. The van der Waals surface area contributed by atoms with Crippen molar-refractivity contribution in [2.24, 2.45) is 0 Å². The number of hydrogen-bond acceptors (Lipinski definition) is 4. The molecule has 4 nitrogen and oxygen atoms in total. The van der Waals surface area contributed by atoms with Crippen molar-refractivity contribution in [3.05, 3.63) is 57.4 Å². The molecule has 0 fully saturated rings. The van der Waals surface area contributed by atoms with E-state index in [1.54, 1.807) is 6.07 Å². The van der Waals surface area contributed by atoms with Crippen molar-refractivity contribution >= 4 is 34.0 Å². The number of anilines is 2. The second kappa shape index (κ2) is 7.95. The molecule has 23 heavy (non-hydrogen) atoms. The van der Waals surface area contributed by atoms with E-state index < -0.39 is 36.8 Å². The Labute approximate surface area is 144 Å². The molecule has 1 atom stereocenters. The molecule has 0 saturated heterocycles. The van der Waals surface area contributed by atoms with E-state index in [0.29, 0.717) is 3.57 Å². The minimum atomic E-state index is -1.25. The molecule has 2 rings (SSSR count). The van der Waals surface area contributed by atoms with Gasteiger partial charge in [0.05, 0.1) is 6.61 Å². The molecule has 0 aromatic heterocycles. The molecule has 0 bridgehead atoms. The topological polar surface area (TPSA) is 52.9 Å². The van der Waals surface area contributed by atoms with Crippen LogP contribution in [0.5, 0.6) is 0 Å². The predicted octanol–water partition coefficient (Wildman–Crippen LogP) is 3.13. The molecule has 8 heteroatoms. The van der Waals surface area contributed by atoms with Crippen LogP contribution >= 0.6 is 22.6 Å². The number of hydrogen-bond donors (Lipinski definition) is 2. The Morgan fingerprint density at radius 2 is 1.83 bits per heavy atom. The van der Waals surface area contributed by atoms with Crippen molar-refractivity contribution in [3.63, 3.8) is 0 Å². The van der Waals surface area contributed by atoms with E-state index in [9.17, 15) is 18.3 Å². The maximum absolute atomic E-state index is 14.2. The van der Waals surface area contributed by atoms with Gasteiger partial charge < -0.3 is 10.2 Å². The highest BCUT2D eigenvalue weighted by atomic mass is 127. The van der Waals surface area contributed by atoms with E-state index in [-0.39, 0.29) is 11.4 Å². The third-order valence-electron chi connectivity index (χ3n) is 2.89. The highest BCUT2D eigenvalue weighted by Gasteiger charge is 2.21. The number of rotatable bonds is 6. The highest BCUT2D eigenvalue weighted by Crippen LogP contribution is 2.32. The number of aliphatic hydroxyl groups excluding tert-OH is 2. The summed E-state index contributed by atoms with van der Waals surface area (Å²) in [5.41, 5.74) is -0.504. The lowest BCUT2D eigenvalue weighted by molar-refractivity contribution is 0.00523. The monoisotopic (exact) mass is 439 g/mol. The first kappa shape index (κ1) is 18.0. The molecule has 0 aliphatic rings. The van der Waals surface area contributed by atoms with Crippen LogP contribution < -0.4 is 5.06 Å². The molecule has 2 aromatic carbocycles. The van der Waals surface area contributed by atoms with Crippen LogP contribution in [0.3, 0.4) is 0 Å². The predicted molar refractivity (Wildman–Crippen MR) is 86.7 cm³/mol. The van der Waals surface area contributed by atoms with E-state index in [1.165, 1.54) is 24.3 Å². The Morgan fingerprint density at radius 1 is 1.09 bits per heavy atom. The first-order chi connectivity index (χ1) is 10.9. The molecule has 124 valence electrons. The highest BCUT2D eigenvalue weighted by molar-refractivity contribution is 14.1. The molecule has 0 heterocycles. The number of benzene rings is 2. The molecule has 2 aromatic rings. The molecular weight excluding hydrogens is 426 g/mol. The van der Waals surface area contributed by atoms with Crippen LogP contribution in [0, 0.1) is 21.0 Å². The molecule has 0 saturated carbocycles. The van der Waals surface area contributed by atoms with E-state index in [4.69, 9.17) is 9.94 Å². The summed E-state index contributed by atoms with van der Waals surface area (Å²) in [5.74, 6) is -3.05. The van der Waals surface area contributed by atoms with Crippen molar-refractivity contribution in [1.29, 1.82) is 0 Å². The van der Waals surface area contributed by atoms with Gasteiger partial charge in [-0.15, -0.1) is 0 Å². The zero-order valence-corrected chi connectivity index (χ0v) is 13.9. The molecular formula is C15H13F3INO3. The first-order valence-electron chi connectivity index (χ1n) is 6.55. The smallest absolute Gasteiger partial charge is 0.184 e. The molecule has 0 spiro atoms. The van der Waals surface area contributed by atoms with Gasteiger partial charge in [-0.05, 0) is 52.9 Å². The van der Waals surface area contributed by atoms with Crippen molar-refractivity contribution < 1.29 is 28.2 Å². The summed E-state index contributed by atoms with van der Waals surface area (Å²) in [4.78, 5) is 5.20. The Hall–Kier alpha value is -1.36. The van der Waals surface area contributed by atoms with Gasteiger partial charge in [0.2, 0.25) is 0 Å². The number of nitrogens with zero attached hydrogens (tertiary/aromatic N) is 1. The largest absolute Gasteiger partial charge is 0.394 e. The fraction of sp³-hybridized carbons (Fsp3) is 0.200. The zero-order valence-electron chi connectivity index (χ0n) is 11.7. The van der Waals surface area contributed by atoms with Gasteiger partial charge in [-0.25, -0.2) is 18.2 Å². The lowest BCUT2D eigenvalue weighted by Crippen LogP contribution is -2.28. The maximum atomic E-state index is 14.2. The standard InChI is InChI=1S/C15H13F3INO3/c16-11-2-1-3-14(15(11)18)20(23-8-10(22)7-21)13-5-4-9(19)6-12(13)17/h1-6,10,21-22H,7-8H2/t10-/m1/s1. The molecule has 0 amide bonds. The third-order valence-corrected chi connectivity index (χ3v) is 3.56. The summed E-state index contributed by atoms with van der Waals surface area (Å²) in [7, 11) is 0. The van der Waals surface area contributed by atoms with Crippen molar-refractivity contribution in [2.45, 2.75) is 6.10 Å². The summed E-state index contributed by atoms with van der Waals surface area (Å²) in [6.07, 6.45) is -1.25. The summed E-state index contributed by atoms with van der Waals surface area (Å²) >= 11 is 1.90. The van der Waals surface area contributed by atoms with Gasteiger partial charge in [0.15, 0.2) is 11.6 Å². The quantitative estimate of drug-likeness (QED) is 0.537. The number of halogens is 4. The fourth-order valence-electron chi connectivity index (χ4n) is 1.78. The van der Waals surface area contributed by atoms with Crippen LogP contribution in [0.1, 0.15) is 0 Å². The fourth-order valence-corrected chi connectivity index (χ4v) is 2.23. The van der Waals surface area contributed by atoms with Crippen LogP contribution in [-0.4, -0.2) is 29.5 Å². The van der Waals surface area contributed by atoms with Gasteiger partial charge in [-0.3, -0.25) is 4.84 Å². The molecule has 0 aliphatic heterocycles. The van der Waals surface area contributed by atoms with Gasteiger partial charge in [-0.1, -0.05) is 6.07 Å². The van der Waals surface area contributed by atoms with Crippen molar-refractivity contribution in [1.82, 2.24) is 0 Å². The van der Waals surface area contributed by atoms with Gasteiger partial charge in [-0.2, -0.15) is 0 Å². The van der Waals surface area contributed by atoms with Crippen molar-refractivity contribution in [3.8, 4) is 0 Å². The molecule has 0 aliphatic carbocycles. The Kier molecular flexibility index (Phi) is 6.22. The van der Waals surface area contributed by atoms with Gasteiger partial charge in [0, 0.05) is 3.57 Å². The SMILES string of the molecule is OC[C@@H](O)CON(c1ccc(I)cc1F)c1cccc(F)c1F. The van der Waals surface area contributed by atoms with E-state index >= 15 is 0 Å². The summed E-state index contributed by atoms with van der Waals surface area (Å²) < 4.78 is 42.2. The molecule has 2 N–H and O–H groups in total. The molecule has 0 unspecified atom stereocenters. The van der Waals surface area contributed by atoms with Crippen LogP contribution in [0.2, 0.25) is 0 Å². The molecule has 0 radical (unpaired) electrons. The van der Waals surface area contributed by atoms with Crippen LogP contribution in [0.15, 0.2) is 36.4 Å². The van der Waals surface area contributed by atoms with E-state index in [2.05, 4.69) is 0 Å². The summed E-state index contributed by atoms with van der Waals surface area (Å²) in [6, 6.07) is 7.48. The van der Waals surface area contributed by atoms with Crippen molar-refractivity contribution in [2.75, 3.05) is 18.3 Å². The minimum absolute atomic E-state index is 0.153. The van der Waals surface area contributed by atoms with Gasteiger partial charge in [0.25, 0.3) is 0 Å². The summed E-state index contributed by atoms with van der Waals surface area (Å²) in [6.45, 7) is -1.02. The van der Waals surface area contributed by atoms with Crippen LogP contribution in [-0.2, 0) is 4.84 Å². The third kappa shape index (κ3) is 4.34. The minimum Gasteiger partial charge on any atom is -0.394 e. The zero-order chi connectivity index (χ0) is 17.0. The second-order valence-corrected chi connectivity index (χ2v) is 5.84. The Bertz CT molecular complexity index is 687. The Balaban J connectivity index is 2.44. The van der Waals surface area contributed by atoms with Gasteiger partial charge in [0.1, 0.15) is 29.9 Å². The van der Waals surface area contributed by atoms with Crippen LogP contribution in [0.4, 0.5) is 24.5 Å². The second-order valence-electron chi connectivity index (χ2n) is 4.60. The average Bonchev–Trinajstić information content (AvgIpc) is 2.52. The lowest BCUT2D eigenvalue weighted by Gasteiger charge is -2.25.